The average molecular weight is 323 g/mol. The van der Waals surface area contributed by atoms with Gasteiger partial charge < -0.3 is 0 Å². The number of rotatable bonds is 14. The Bertz CT molecular complexity index is 327. The lowest BCUT2D eigenvalue weighted by Crippen LogP contribution is -2.11. The van der Waals surface area contributed by atoms with Crippen molar-refractivity contribution in [1.29, 1.82) is 0 Å². The predicted molar refractivity (Wildman–Crippen MR) is 87.7 cm³/mol. The Morgan fingerprint density at radius 2 is 1.33 bits per heavy atom. The van der Waals surface area contributed by atoms with Crippen molar-refractivity contribution >= 4 is 10.4 Å². The summed E-state index contributed by atoms with van der Waals surface area (Å²) in [5.74, 6) is 0.951. The maximum Gasteiger partial charge on any atom is 0.397 e. The molecular formula is C16H34O4S. The van der Waals surface area contributed by atoms with E-state index in [1.807, 2.05) is 6.92 Å². The van der Waals surface area contributed by atoms with E-state index < -0.39 is 10.4 Å². The zero-order chi connectivity index (χ0) is 16.1. The van der Waals surface area contributed by atoms with Gasteiger partial charge in [0.15, 0.2) is 0 Å². The quantitative estimate of drug-likeness (QED) is 0.361. The summed E-state index contributed by atoms with van der Waals surface area (Å²) in [6.07, 6.45) is 12.5. The molecule has 0 rings (SSSR count). The molecule has 0 bridgehead atoms. The van der Waals surface area contributed by atoms with Gasteiger partial charge in [0.25, 0.3) is 0 Å². The molecule has 5 heteroatoms. The third-order valence-electron chi connectivity index (χ3n) is 3.95. The van der Waals surface area contributed by atoms with Crippen LogP contribution in [0.3, 0.4) is 0 Å². The van der Waals surface area contributed by atoms with Gasteiger partial charge in [0, 0.05) is 0 Å². The minimum absolute atomic E-state index is 0.0752. The minimum atomic E-state index is -4.28. The molecule has 0 aliphatic rings. The van der Waals surface area contributed by atoms with Crippen LogP contribution in [0.15, 0.2) is 0 Å². The van der Waals surface area contributed by atoms with Gasteiger partial charge in [-0.1, -0.05) is 78.6 Å². The fraction of sp³-hybridized carbons (Fsp3) is 1.00. The van der Waals surface area contributed by atoms with Crippen LogP contribution in [0.1, 0.15) is 85.0 Å². The van der Waals surface area contributed by atoms with Gasteiger partial charge in [-0.05, 0) is 18.3 Å². The summed E-state index contributed by atoms with van der Waals surface area (Å²) in [7, 11) is -4.28. The Kier molecular flexibility index (Phi) is 12.3. The molecule has 0 aliphatic carbocycles. The first kappa shape index (κ1) is 20.9. The molecule has 0 saturated carbocycles. The Labute approximate surface area is 131 Å². The van der Waals surface area contributed by atoms with Crippen LogP contribution in [-0.4, -0.2) is 19.6 Å². The lowest BCUT2D eigenvalue weighted by molar-refractivity contribution is 0.222. The van der Waals surface area contributed by atoms with Crippen molar-refractivity contribution in [3.05, 3.63) is 0 Å². The van der Waals surface area contributed by atoms with E-state index >= 15 is 0 Å². The van der Waals surface area contributed by atoms with Crippen molar-refractivity contribution in [2.75, 3.05) is 6.61 Å². The van der Waals surface area contributed by atoms with Crippen LogP contribution >= 0.6 is 0 Å². The zero-order valence-electron chi connectivity index (χ0n) is 14.0. The summed E-state index contributed by atoms with van der Waals surface area (Å²) in [6.45, 7) is 6.59. The highest BCUT2D eigenvalue weighted by Crippen LogP contribution is 2.19. The van der Waals surface area contributed by atoms with Crippen molar-refractivity contribution in [2.24, 2.45) is 11.8 Å². The Morgan fingerprint density at radius 1 is 0.857 bits per heavy atom. The highest BCUT2D eigenvalue weighted by molar-refractivity contribution is 7.80. The van der Waals surface area contributed by atoms with Gasteiger partial charge in [0.2, 0.25) is 0 Å². The summed E-state index contributed by atoms with van der Waals surface area (Å²) in [5, 5.41) is 0. The van der Waals surface area contributed by atoms with Gasteiger partial charge in [-0.3, -0.25) is 4.55 Å². The monoisotopic (exact) mass is 322 g/mol. The molecule has 0 radical (unpaired) electrons. The maximum absolute atomic E-state index is 10.5. The van der Waals surface area contributed by atoms with E-state index in [4.69, 9.17) is 4.55 Å². The van der Waals surface area contributed by atoms with Crippen molar-refractivity contribution < 1.29 is 17.2 Å². The molecule has 1 N–H and O–H groups in total. The molecule has 0 fully saturated rings. The molecule has 21 heavy (non-hydrogen) atoms. The molecule has 128 valence electrons. The second-order valence-corrected chi connectivity index (χ2v) is 7.50. The maximum atomic E-state index is 10.5. The largest absolute Gasteiger partial charge is 0.397 e. The fourth-order valence-corrected chi connectivity index (χ4v) is 2.92. The second-order valence-electron chi connectivity index (χ2n) is 6.41. The zero-order valence-corrected chi connectivity index (χ0v) is 14.8. The van der Waals surface area contributed by atoms with Crippen molar-refractivity contribution in [1.82, 2.24) is 0 Å². The van der Waals surface area contributed by atoms with Crippen molar-refractivity contribution in [3.63, 3.8) is 0 Å². The average Bonchev–Trinajstić information content (AvgIpc) is 2.40. The van der Waals surface area contributed by atoms with E-state index in [2.05, 4.69) is 18.0 Å². The van der Waals surface area contributed by atoms with Gasteiger partial charge in [-0.2, -0.15) is 8.42 Å². The summed E-state index contributed by atoms with van der Waals surface area (Å²) in [5.41, 5.74) is 0. The van der Waals surface area contributed by atoms with Crippen LogP contribution in [0.5, 0.6) is 0 Å². The molecule has 0 aromatic carbocycles. The summed E-state index contributed by atoms with van der Waals surface area (Å²) in [4.78, 5) is 0. The Morgan fingerprint density at radius 3 is 1.86 bits per heavy atom. The molecule has 4 nitrogen and oxygen atoms in total. The molecule has 0 spiro atoms. The molecule has 0 amide bonds. The normalized spacial score (nSPS) is 15.0. The van der Waals surface area contributed by atoms with E-state index in [9.17, 15) is 8.42 Å². The van der Waals surface area contributed by atoms with Gasteiger partial charge in [-0.25, -0.2) is 4.18 Å². The Balaban J connectivity index is 3.44. The van der Waals surface area contributed by atoms with Gasteiger partial charge in [0.05, 0.1) is 6.61 Å². The summed E-state index contributed by atoms with van der Waals surface area (Å²) in [6, 6.07) is 0. The van der Waals surface area contributed by atoms with Crippen LogP contribution in [0.25, 0.3) is 0 Å². The van der Waals surface area contributed by atoms with E-state index in [1.165, 1.54) is 51.4 Å². The van der Waals surface area contributed by atoms with E-state index in [-0.39, 0.29) is 12.5 Å². The highest BCUT2D eigenvalue weighted by atomic mass is 32.3. The second kappa shape index (κ2) is 12.4. The van der Waals surface area contributed by atoms with Crippen LogP contribution in [0.2, 0.25) is 0 Å². The van der Waals surface area contributed by atoms with Crippen LogP contribution in [-0.2, 0) is 14.6 Å². The van der Waals surface area contributed by atoms with E-state index in [0.717, 1.165) is 18.8 Å². The topological polar surface area (TPSA) is 63.6 Å². The lowest BCUT2D eigenvalue weighted by Gasteiger charge is -2.13. The standard InChI is InChI=1S/C16H34O4S/c1-4-5-6-7-8-11-15(2)12-9-10-13-16(3)14-20-21(17,18)19/h15-16H,4-14H2,1-3H3,(H,17,18,19). The molecule has 2 atom stereocenters. The summed E-state index contributed by atoms with van der Waals surface area (Å²) >= 11 is 0. The molecule has 2 unspecified atom stereocenters. The first-order valence-corrected chi connectivity index (χ1v) is 9.83. The number of hydrogen-bond donors (Lipinski definition) is 1. The SMILES string of the molecule is CCCCCCCC(C)CCCCC(C)COS(=O)(=O)O. The van der Waals surface area contributed by atoms with E-state index in [1.54, 1.807) is 0 Å². The van der Waals surface area contributed by atoms with Crippen molar-refractivity contribution in [3.8, 4) is 0 Å². The van der Waals surface area contributed by atoms with E-state index in [0.29, 0.717) is 0 Å². The third-order valence-corrected chi connectivity index (χ3v) is 4.38. The molecule has 0 saturated heterocycles. The highest BCUT2D eigenvalue weighted by Gasteiger charge is 2.09. The first-order valence-electron chi connectivity index (χ1n) is 8.47. The molecule has 0 aliphatic heterocycles. The number of unbranched alkanes of at least 4 members (excludes halogenated alkanes) is 5. The predicted octanol–water partition coefficient (Wildman–Crippen LogP) is 5.00. The van der Waals surface area contributed by atoms with Gasteiger partial charge >= 0.3 is 10.4 Å². The molecular weight excluding hydrogens is 288 g/mol. The van der Waals surface area contributed by atoms with Gasteiger partial charge in [0.1, 0.15) is 0 Å². The fourth-order valence-electron chi connectivity index (χ4n) is 2.51. The first-order chi connectivity index (χ1) is 9.85. The van der Waals surface area contributed by atoms with Crippen LogP contribution < -0.4 is 0 Å². The molecule has 0 heterocycles. The molecule has 0 aromatic rings. The van der Waals surface area contributed by atoms with Crippen LogP contribution in [0, 0.1) is 11.8 Å². The van der Waals surface area contributed by atoms with Gasteiger partial charge in [-0.15, -0.1) is 0 Å². The van der Waals surface area contributed by atoms with Crippen LogP contribution in [0.4, 0.5) is 0 Å². The van der Waals surface area contributed by atoms with Crippen molar-refractivity contribution in [2.45, 2.75) is 85.0 Å². The molecule has 0 aromatic heterocycles. The lowest BCUT2D eigenvalue weighted by atomic mass is 9.95. The minimum Gasteiger partial charge on any atom is -0.264 e. The Hall–Kier alpha value is -0.130. The smallest absolute Gasteiger partial charge is 0.264 e. The third kappa shape index (κ3) is 16.1. The summed E-state index contributed by atoms with van der Waals surface area (Å²) < 4.78 is 33.8. The number of hydrogen-bond acceptors (Lipinski definition) is 3.